The Morgan fingerprint density at radius 2 is 2.00 bits per heavy atom. The van der Waals surface area contributed by atoms with Crippen molar-refractivity contribution in [1.29, 1.82) is 0 Å². The van der Waals surface area contributed by atoms with Crippen molar-refractivity contribution < 1.29 is 24.8 Å². The van der Waals surface area contributed by atoms with Crippen molar-refractivity contribution in [1.82, 2.24) is 0 Å². The van der Waals surface area contributed by atoms with E-state index in [2.05, 4.69) is 6.92 Å². The standard InChI is InChI=1S/C10H20O5/c1-2-3-4-5-14-9-8(12)7(6-11)15-10(9)13/h7-13H,2-6H2,1H3/t7-,8-,9+,10+/m0/s1. The summed E-state index contributed by atoms with van der Waals surface area (Å²) in [6, 6.07) is 0. The van der Waals surface area contributed by atoms with Crippen LogP contribution in [0.3, 0.4) is 0 Å². The van der Waals surface area contributed by atoms with E-state index in [1.807, 2.05) is 0 Å². The molecule has 0 aromatic rings. The summed E-state index contributed by atoms with van der Waals surface area (Å²) in [5.41, 5.74) is 0. The van der Waals surface area contributed by atoms with Crippen LogP contribution in [-0.4, -0.2) is 53.1 Å². The van der Waals surface area contributed by atoms with Crippen LogP contribution in [0.15, 0.2) is 0 Å². The van der Waals surface area contributed by atoms with Crippen LogP contribution in [0.1, 0.15) is 26.2 Å². The Kier molecular flexibility index (Phi) is 5.49. The van der Waals surface area contributed by atoms with Gasteiger partial charge in [0, 0.05) is 6.61 Å². The van der Waals surface area contributed by atoms with Crippen molar-refractivity contribution in [2.75, 3.05) is 13.2 Å². The van der Waals surface area contributed by atoms with Gasteiger partial charge in [0.05, 0.1) is 6.61 Å². The van der Waals surface area contributed by atoms with Crippen molar-refractivity contribution in [2.24, 2.45) is 0 Å². The fraction of sp³-hybridized carbons (Fsp3) is 1.00. The lowest BCUT2D eigenvalue weighted by Gasteiger charge is -2.17. The van der Waals surface area contributed by atoms with Gasteiger partial charge in [-0.25, -0.2) is 0 Å². The zero-order chi connectivity index (χ0) is 11.3. The molecule has 5 heteroatoms. The van der Waals surface area contributed by atoms with E-state index >= 15 is 0 Å². The van der Waals surface area contributed by atoms with Gasteiger partial charge >= 0.3 is 0 Å². The van der Waals surface area contributed by atoms with E-state index in [0.717, 1.165) is 19.3 Å². The average Bonchev–Trinajstić information content (AvgIpc) is 2.50. The van der Waals surface area contributed by atoms with Gasteiger partial charge in [-0.05, 0) is 6.42 Å². The molecule has 0 aliphatic carbocycles. The molecule has 15 heavy (non-hydrogen) atoms. The number of rotatable bonds is 6. The number of unbranched alkanes of at least 4 members (excludes halogenated alkanes) is 2. The fourth-order valence-electron chi connectivity index (χ4n) is 1.62. The van der Waals surface area contributed by atoms with Gasteiger partial charge in [-0.2, -0.15) is 0 Å². The van der Waals surface area contributed by atoms with Gasteiger partial charge in [-0.1, -0.05) is 19.8 Å². The highest BCUT2D eigenvalue weighted by atomic mass is 16.7. The van der Waals surface area contributed by atoms with Gasteiger partial charge in [-0.3, -0.25) is 0 Å². The SMILES string of the molecule is CCCCCO[C@@H]1[C@@H](O)[C@H](CO)O[C@H]1O. The largest absolute Gasteiger partial charge is 0.394 e. The Morgan fingerprint density at radius 1 is 1.27 bits per heavy atom. The molecular weight excluding hydrogens is 200 g/mol. The Bertz CT molecular complexity index is 175. The van der Waals surface area contributed by atoms with Crippen molar-refractivity contribution in [3.05, 3.63) is 0 Å². The highest BCUT2D eigenvalue weighted by Crippen LogP contribution is 2.22. The van der Waals surface area contributed by atoms with Crippen molar-refractivity contribution in [3.63, 3.8) is 0 Å². The second-order valence-electron chi connectivity index (χ2n) is 3.78. The first-order valence-electron chi connectivity index (χ1n) is 5.44. The Labute approximate surface area is 89.6 Å². The summed E-state index contributed by atoms with van der Waals surface area (Å²) >= 11 is 0. The van der Waals surface area contributed by atoms with E-state index in [9.17, 15) is 10.2 Å². The first kappa shape index (κ1) is 12.9. The fourth-order valence-corrected chi connectivity index (χ4v) is 1.62. The predicted octanol–water partition coefficient (Wildman–Crippen LogP) is -0.368. The lowest BCUT2D eigenvalue weighted by atomic mass is 10.1. The van der Waals surface area contributed by atoms with E-state index < -0.39 is 24.6 Å². The molecule has 1 aliphatic rings. The number of ether oxygens (including phenoxy) is 2. The summed E-state index contributed by atoms with van der Waals surface area (Å²) in [7, 11) is 0. The van der Waals surface area contributed by atoms with Gasteiger partial charge in [-0.15, -0.1) is 0 Å². The van der Waals surface area contributed by atoms with E-state index in [0.29, 0.717) is 6.61 Å². The average molecular weight is 220 g/mol. The Morgan fingerprint density at radius 3 is 2.53 bits per heavy atom. The van der Waals surface area contributed by atoms with Gasteiger partial charge in [0.1, 0.15) is 18.3 Å². The molecule has 0 amide bonds. The predicted molar refractivity (Wildman–Crippen MR) is 53.2 cm³/mol. The van der Waals surface area contributed by atoms with E-state index in [-0.39, 0.29) is 6.61 Å². The Balaban J connectivity index is 2.28. The summed E-state index contributed by atoms with van der Waals surface area (Å²) in [5, 5.41) is 27.8. The summed E-state index contributed by atoms with van der Waals surface area (Å²) in [4.78, 5) is 0. The molecule has 0 unspecified atom stereocenters. The molecular formula is C10H20O5. The summed E-state index contributed by atoms with van der Waals surface area (Å²) < 4.78 is 10.2. The third kappa shape index (κ3) is 3.39. The van der Waals surface area contributed by atoms with E-state index in [1.165, 1.54) is 0 Å². The molecule has 1 aliphatic heterocycles. The molecule has 0 aromatic heterocycles. The highest BCUT2D eigenvalue weighted by molar-refractivity contribution is 4.86. The molecule has 1 heterocycles. The van der Waals surface area contributed by atoms with Crippen LogP contribution in [-0.2, 0) is 9.47 Å². The van der Waals surface area contributed by atoms with Crippen LogP contribution in [0.2, 0.25) is 0 Å². The van der Waals surface area contributed by atoms with Gasteiger partial charge in [0.15, 0.2) is 6.29 Å². The molecule has 4 atom stereocenters. The molecule has 5 nitrogen and oxygen atoms in total. The lowest BCUT2D eigenvalue weighted by Crippen LogP contribution is -2.36. The number of hydrogen-bond acceptors (Lipinski definition) is 5. The molecule has 0 bridgehead atoms. The van der Waals surface area contributed by atoms with Gasteiger partial charge in [0.2, 0.25) is 0 Å². The summed E-state index contributed by atoms with van der Waals surface area (Å²) in [5.74, 6) is 0. The normalized spacial score (nSPS) is 36.0. The first-order chi connectivity index (χ1) is 7.20. The van der Waals surface area contributed by atoms with Crippen LogP contribution < -0.4 is 0 Å². The minimum atomic E-state index is -1.14. The maximum Gasteiger partial charge on any atom is 0.184 e. The number of hydrogen-bond donors (Lipinski definition) is 3. The second kappa shape index (κ2) is 6.40. The zero-order valence-electron chi connectivity index (χ0n) is 9.00. The maximum absolute atomic E-state index is 9.61. The van der Waals surface area contributed by atoms with Gasteiger partial charge < -0.3 is 24.8 Å². The quantitative estimate of drug-likeness (QED) is 0.532. The summed E-state index contributed by atoms with van der Waals surface area (Å²) in [6.07, 6.45) is -0.519. The van der Waals surface area contributed by atoms with Crippen molar-refractivity contribution in [2.45, 2.75) is 50.8 Å². The lowest BCUT2D eigenvalue weighted by molar-refractivity contribution is -0.147. The molecule has 3 N–H and O–H groups in total. The first-order valence-corrected chi connectivity index (χ1v) is 5.44. The maximum atomic E-state index is 9.61. The molecule has 0 radical (unpaired) electrons. The number of aliphatic hydroxyl groups is 3. The minimum Gasteiger partial charge on any atom is -0.394 e. The van der Waals surface area contributed by atoms with Crippen LogP contribution >= 0.6 is 0 Å². The molecule has 0 spiro atoms. The third-order valence-corrected chi connectivity index (χ3v) is 2.55. The highest BCUT2D eigenvalue weighted by Gasteiger charge is 2.43. The molecule has 0 aromatic carbocycles. The third-order valence-electron chi connectivity index (χ3n) is 2.55. The van der Waals surface area contributed by atoms with E-state index in [4.69, 9.17) is 14.6 Å². The number of aliphatic hydroxyl groups excluding tert-OH is 3. The molecule has 1 fully saturated rings. The smallest absolute Gasteiger partial charge is 0.184 e. The molecule has 1 rings (SSSR count). The minimum absolute atomic E-state index is 0.312. The van der Waals surface area contributed by atoms with E-state index in [1.54, 1.807) is 0 Å². The topological polar surface area (TPSA) is 79.2 Å². The van der Waals surface area contributed by atoms with Crippen molar-refractivity contribution in [3.8, 4) is 0 Å². The summed E-state index contributed by atoms with van der Waals surface area (Å²) in [6.45, 7) is 2.27. The monoisotopic (exact) mass is 220 g/mol. The van der Waals surface area contributed by atoms with Crippen LogP contribution in [0.25, 0.3) is 0 Å². The Hall–Kier alpha value is -0.200. The molecule has 0 saturated carbocycles. The van der Waals surface area contributed by atoms with Gasteiger partial charge in [0.25, 0.3) is 0 Å². The molecule has 90 valence electrons. The van der Waals surface area contributed by atoms with Crippen LogP contribution in [0.4, 0.5) is 0 Å². The van der Waals surface area contributed by atoms with Crippen molar-refractivity contribution >= 4 is 0 Å². The zero-order valence-corrected chi connectivity index (χ0v) is 9.00. The molecule has 1 saturated heterocycles. The van der Waals surface area contributed by atoms with Crippen LogP contribution in [0, 0.1) is 0 Å². The second-order valence-corrected chi connectivity index (χ2v) is 3.78. The van der Waals surface area contributed by atoms with Crippen LogP contribution in [0.5, 0.6) is 0 Å².